The number of hydrogen-bond donors (Lipinski definition) is 2. The number of carboxylic acid groups (broad SMARTS) is 1. The molecule has 0 saturated heterocycles. The van der Waals surface area contributed by atoms with Crippen LogP contribution in [0.25, 0.3) is 0 Å². The van der Waals surface area contributed by atoms with Crippen molar-refractivity contribution in [2.45, 2.75) is 12.8 Å². The molecule has 1 amide bonds. The van der Waals surface area contributed by atoms with Crippen LogP contribution in [0.1, 0.15) is 48.5 Å². The number of rotatable bonds is 7. The summed E-state index contributed by atoms with van der Waals surface area (Å²) in [5, 5.41) is 21.4. The van der Waals surface area contributed by atoms with Crippen molar-refractivity contribution in [2.24, 2.45) is 0 Å². The van der Waals surface area contributed by atoms with Crippen molar-refractivity contribution in [1.82, 2.24) is 0 Å². The third-order valence-electron chi connectivity index (χ3n) is 5.52. The number of hydrogen-bond acceptors (Lipinski definition) is 3. The molecule has 4 aromatic carbocycles. The highest BCUT2D eigenvalue weighted by Crippen LogP contribution is 2.23. The van der Waals surface area contributed by atoms with Crippen LogP contribution in [0.3, 0.4) is 0 Å². The number of amides is 1. The van der Waals surface area contributed by atoms with Gasteiger partial charge < -0.3 is 10.4 Å². The van der Waals surface area contributed by atoms with Crippen molar-refractivity contribution in [3.63, 3.8) is 0 Å². The zero-order chi connectivity index (χ0) is 23.9. The lowest BCUT2D eigenvalue weighted by Crippen LogP contribution is -2.14. The van der Waals surface area contributed by atoms with Gasteiger partial charge in [0.15, 0.2) is 0 Å². The summed E-state index contributed by atoms with van der Waals surface area (Å²) < 4.78 is 0. The summed E-state index contributed by atoms with van der Waals surface area (Å²) in [6.45, 7) is 0. The Kier molecular flexibility index (Phi) is 6.81. The van der Waals surface area contributed by atoms with Gasteiger partial charge >= 0.3 is 5.97 Å². The minimum atomic E-state index is -1.03. The molecule has 34 heavy (non-hydrogen) atoms. The molecule has 0 saturated carbocycles. The fourth-order valence-electron chi connectivity index (χ4n) is 3.76. The summed E-state index contributed by atoms with van der Waals surface area (Å²) >= 11 is 0. The summed E-state index contributed by atoms with van der Waals surface area (Å²) in [5.41, 5.74) is 5.54. The maximum absolute atomic E-state index is 13.1. The van der Waals surface area contributed by atoms with Gasteiger partial charge in [-0.25, -0.2) is 4.79 Å². The Bertz CT molecular complexity index is 1370. The lowest BCUT2D eigenvalue weighted by Gasteiger charge is -2.13. The highest BCUT2D eigenvalue weighted by Gasteiger charge is 2.13. The molecule has 5 heteroatoms. The molecule has 0 aliphatic heterocycles. The molecule has 4 aromatic rings. The van der Waals surface area contributed by atoms with Crippen molar-refractivity contribution in [3.8, 4) is 6.07 Å². The Balaban J connectivity index is 1.57. The topological polar surface area (TPSA) is 90.2 Å². The van der Waals surface area contributed by atoms with Gasteiger partial charge in [-0.15, -0.1) is 0 Å². The van der Waals surface area contributed by atoms with Crippen LogP contribution in [0.4, 0.5) is 5.69 Å². The van der Waals surface area contributed by atoms with Crippen LogP contribution in [0.2, 0.25) is 0 Å². The van der Waals surface area contributed by atoms with E-state index in [0.29, 0.717) is 28.8 Å². The number of nitrogens with one attached hydrogen (secondary N) is 1. The number of benzene rings is 4. The molecule has 4 rings (SSSR count). The molecule has 0 fully saturated rings. The predicted molar refractivity (Wildman–Crippen MR) is 131 cm³/mol. The second-order valence-corrected chi connectivity index (χ2v) is 7.98. The number of carbonyl (C=O) groups is 2. The average Bonchev–Trinajstić information content (AvgIpc) is 2.86. The molecule has 0 unspecified atom stereocenters. The lowest BCUT2D eigenvalue weighted by atomic mass is 9.99. The fraction of sp³-hybridized carbons (Fsp3) is 0.0690. The van der Waals surface area contributed by atoms with Crippen LogP contribution < -0.4 is 5.32 Å². The zero-order valence-electron chi connectivity index (χ0n) is 18.4. The molecular weight excluding hydrogens is 424 g/mol. The third kappa shape index (κ3) is 5.56. The number of nitrogens with zero attached hydrogens (tertiary/aromatic N) is 1. The van der Waals surface area contributed by atoms with Crippen molar-refractivity contribution in [1.29, 1.82) is 5.26 Å². The Morgan fingerprint density at radius 2 is 1.44 bits per heavy atom. The maximum Gasteiger partial charge on any atom is 0.335 e. The number of carboxylic acids is 1. The monoisotopic (exact) mass is 446 g/mol. The predicted octanol–water partition coefficient (Wildman–Crippen LogP) is 5.69. The lowest BCUT2D eigenvalue weighted by molar-refractivity contribution is 0.0696. The Labute approximate surface area is 197 Å². The van der Waals surface area contributed by atoms with E-state index in [0.717, 1.165) is 23.1 Å². The van der Waals surface area contributed by atoms with Crippen LogP contribution in [0, 0.1) is 11.3 Å². The Morgan fingerprint density at radius 3 is 2.15 bits per heavy atom. The van der Waals surface area contributed by atoms with E-state index in [1.165, 1.54) is 6.07 Å². The molecule has 0 spiro atoms. The molecule has 166 valence electrons. The van der Waals surface area contributed by atoms with Crippen LogP contribution in [0.15, 0.2) is 97.1 Å². The summed E-state index contributed by atoms with van der Waals surface area (Å²) in [5.74, 6) is -1.30. The molecular formula is C29H22N2O3. The van der Waals surface area contributed by atoms with Crippen molar-refractivity contribution in [2.75, 3.05) is 5.32 Å². The second-order valence-electron chi connectivity index (χ2n) is 7.98. The minimum Gasteiger partial charge on any atom is -0.478 e. The molecule has 2 N–H and O–H groups in total. The maximum atomic E-state index is 13.1. The second kappa shape index (κ2) is 10.3. The van der Waals surface area contributed by atoms with Gasteiger partial charge in [-0.2, -0.15) is 5.26 Å². The normalized spacial score (nSPS) is 10.3. The molecule has 5 nitrogen and oxygen atoms in total. The first kappa shape index (κ1) is 22.5. The number of aromatic carboxylic acids is 1. The van der Waals surface area contributed by atoms with Crippen molar-refractivity contribution >= 4 is 17.6 Å². The number of carbonyl (C=O) groups excluding carboxylic acids is 1. The first-order valence-corrected chi connectivity index (χ1v) is 10.8. The van der Waals surface area contributed by atoms with Gasteiger partial charge in [0.05, 0.1) is 17.2 Å². The molecule has 0 aromatic heterocycles. The van der Waals surface area contributed by atoms with Gasteiger partial charge in [0.25, 0.3) is 5.91 Å². The Morgan fingerprint density at radius 1 is 0.735 bits per heavy atom. The van der Waals surface area contributed by atoms with E-state index in [2.05, 4.69) is 11.4 Å². The zero-order valence-corrected chi connectivity index (χ0v) is 18.4. The summed E-state index contributed by atoms with van der Waals surface area (Å²) in [4.78, 5) is 24.6. The first-order valence-electron chi connectivity index (χ1n) is 10.8. The van der Waals surface area contributed by atoms with Gasteiger partial charge in [-0.05, 0) is 77.6 Å². The molecule has 0 aliphatic rings. The molecule has 0 bridgehead atoms. The molecule has 0 aliphatic carbocycles. The smallest absolute Gasteiger partial charge is 0.335 e. The van der Waals surface area contributed by atoms with Crippen LogP contribution in [-0.2, 0) is 12.8 Å². The SMILES string of the molecule is N#Cc1ccc(Cc2cc(C(=O)O)ccc2NC(=O)c2cccc(Cc3ccccc3)c2)cc1. The fourth-order valence-corrected chi connectivity index (χ4v) is 3.76. The van der Waals surface area contributed by atoms with E-state index in [-0.39, 0.29) is 11.5 Å². The van der Waals surface area contributed by atoms with E-state index < -0.39 is 5.97 Å². The van der Waals surface area contributed by atoms with Crippen LogP contribution >= 0.6 is 0 Å². The summed E-state index contributed by atoms with van der Waals surface area (Å²) in [6, 6.07) is 31.3. The van der Waals surface area contributed by atoms with E-state index in [9.17, 15) is 14.7 Å². The summed E-state index contributed by atoms with van der Waals surface area (Å²) in [6.07, 6.45) is 1.13. The first-order chi connectivity index (χ1) is 16.5. The minimum absolute atomic E-state index is 0.145. The van der Waals surface area contributed by atoms with Gasteiger partial charge in [0.1, 0.15) is 0 Å². The van der Waals surface area contributed by atoms with Gasteiger partial charge in [-0.3, -0.25) is 4.79 Å². The number of nitriles is 1. The molecule has 0 atom stereocenters. The van der Waals surface area contributed by atoms with E-state index in [1.807, 2.05) is 60.7 Å². The van der Waals surface area contributed by atoms with Gasteiger partial charge in [0, 0.05) is 11.3 Å². The van der Waals surface area contributed by atoms with Gasteiger partial charge in [-0.1, -0.05) is 54.6 Å². The quantitative estimate of drug-likeness (QED) is 0.382. The van der Waals surface area contributed by atoms with Crippen molar-refractivity contribution in [3.05, 3.63) is 136 Å². The van der Waals surface area contributed by atoms with Crippen molar-refractivity contribution < 1.29 is 14.7 Å². The summed E-state index contributed by atoms with van der Waals surface area (Å²) in [7, 11) is 0. The molecule has 0 radical (unpaired) electrons. The van der Waals surface area contributed by atoms with E-state index in [4.69, 9.17) is 5.26 Å². The third-order valence-corrected chi connectivity index (χ3v) is 5.52. The largest absolute Gasteiger partial charge is 0.478 e. The Hall–Kier alpha value is -4.69. The van der Waals surface area contributed by atoms with Gasteiger partial charge in [0.2, 0.25) is 0 Å². The standard InChI is InChI=1S/C29H22N2O3/c30-19-22-11-9-21(10-12-22)16-26-18-25(29(33)34)13-14-27(26)31-28(32)24-8-4-7-23(17-24)15-20-5-2-1-3-6-20/h1-14,17-18H,15-16H2,(H,31,32)(H,33,34). The molecule has 0 heterocycles. The highest BCUT2D eigenvalue weighted by molar-refractivity contribution is 6.05. The van der Waals surface area contributed by atoms with E-state index >= 15 is 0 Å². The van der Waals surface area contributed by atoms with Crippen LogP contribution in [0.5, 0.6) is 0 Å². The van der Waals surface area contributed by atoms with Crippen LogP contribution in [-0.4, -0.2) is 17.0 Å². The number of anilines is 1. The average molecular weight is 447 g/mol. The van der Waals surface area contributed by atoms with E-state index in [1.54, 1.807) is 30.3 Å². The highest BCUT2D eigenvalue weighted by atomic mass is 16.4.